The lowest BCUT2D eigenvalue weighted by Crippen LogP contribution is -2.09. The first-order valence-corrected chi connectivity index (χ1v) is 7.34. The normalized spacial score (nSPS) is 13.3. The Balaban J connectivity index is 3.08. The van der Waals surface area contributed by atoms with Gasteiger partial charge in [-0.3, -0.25) is 0 Å². The number of rotatable bonds is 11. The molecular weight excluding hydrogens is 196 g/mol. The van der Waals surface area contributed by atoms with Crippen LogP contribution in [0.15, 0.2) is 0 Å². The van der Waals surface area contributed by atoms with Gasteiger partial charge in [-0.25, -0.2) is 0 Å². The fourth-order valence-corrected chi connectivity index (χ4v) is 2.18. The summed E-state index contributed by atoms with van der Waals surface area (Å²) < 4.78 is 0. The highest BCUT2D eigenvalue weighted by Gasteiger charge is 2.05. The molecule has 16 heavy (non-hydrogen) atoms. The highest BCUT2D eigenvalue weighted by molar-refractivity contribution is 4.58. The van der Waals surface area contributed by atoms with Gasteiger partial charge in [-0.05, 0) is 18.8 Å². The third-order valence-electron chi connectivity index (χ3n) is 3.13. The van der Waals surface area contributed by atoms with E-state index in [4.69, 9.17) is 0 Å². The van der Waals surface area contributed by atoms with Crippen molar-refractivity contribution in [3.05, 3.63) is 0 Å². The molecule has 0 fully saturated rings. The van der Waals surface area contributed by atoms with Crippen LogP contribution in [0.4, 0.5) is 0 Å². The van der Waals surface area contributed by atoms with Crippen molar-refractivity contribution in [3.63, 3.8) is 0 Å². The number of aliphatic hydroxyl groups is 1. The molecule has 0 amide bonds. The molecule has 0 aliphatic rings. The summed E-state index contributed by atoms with van der Waals surface area (Å²) in [4.78, 5) is 0. The molecule has 0 bridgehead atoms. The van der Waals surface area contributed by atoms with E-state index in [1.54, 1.807) is 0 Å². The van der Waals surface area contributed by atoms with Crippen molar-refractivity contribution in [3.8, 4) is 0 Å². The Hall–Kier alpha value is -0.0400. The maximum absolute atomic E-state index is 9.69. The SMILES string of the molecule is CCCCCCCCCCC(O)CC(C)C. The highest BCUT2D eigenvalue weighted by atomic mass is 16.3. The molecule has 1 atom stereocenters. The summed E-state index contributed by atoms with van der Waals surface area (Å²) in [7, 11) is 0. The molecule has 98 valence electrons. The van der Waals surface area contributed by atoms with E-state index >= 15 is 0 Å². The average molecular weight is 228 g/mol. The lowest BCUT2D eigenvalue weighted by Gasteiger charge is -2.12. The third kappa shape index (κ3) is 12.0. The Morgan fingerprint density at radius 3 is 1.81 bits per heavy atom. The quantitative estimate of drug-likeness (QED) is 0.497. The van der Waals surface area contributed by atoms with Crippen LogP contribution in [0.5, 0.6) is 0 Å². The Kier molecular flexibility index (Phi) is 11.4. The van der Waals surface area contributed by atoms with E-state index in [-0.39, 0.29) is 6.10 Å². The Morgan fingerprint density at radius 2 is 1.31 bits per heavy atom. The summed E-state index contributed by atoms with van der Waals surface area (Å²) in [5, 5.41) is 9.69. The Labute approximate surface area is 103 Å². The molecule has 0 spiro atoms. The van der Waals surface area contributed by atoms with Crippen LogP contribution in [0.25, 0.3) is 0 Å². The minimum Gasteiger partial charge on any atom is -0.393 e. The number of unbranched alkanes of at least 4 members (excludes halogenated alkanes) is 7. The van der Waals surface area contributed by atoms with Crippen molar-refractivity contribution in [2.24, 2.45) is 5.92 Å². The monoisotopic (exact) mass is 228 g/mol. The number of hydrogen-bond donors (Lipinski definition) is 1. The molecule has 0 radical (unpaired) electrons. The van der Waals surface area contributed by atoms with Gasteiger partial charge < -0.3 is 5.11 Å². The van der Waals surface area contributed by atoms with E-state index in [0.717, 1.165) is 12.8 Å². The molecule has 1 unspecified atom stereocenters. The molecule has 1 heteroatoms. The van der Waals surface area contributed by atoms with Crippen LogP contribution < -0.4 is 0 Å². The van der Waals surface area contributed by atoms with Crippen LogP contribution in [-0.4, -0.2) is 11.2 Å². The van der Waals surface area contributed by atoms with Crippen molar-refractivity contribution < 1.29 is 5.11 Å². The predicted molar refractivity (Wildman–Crippen MR) is 72.7 cm³/mol. The fourth-order valence-electron chi connectivity index (χ4n) is 2.18. The standard InChI is InChI=1S/C15H32O/c1-4-5-6-7-8-9-10-11-12-15(16)13-14(2)3/h14-16H,4-13H2,1-3H3. The Bertz CT molecular complexity index is 131. The zero-order valence-corrected chi connectivity index (χ0v) is 11.7. The zero-order chi connectivity index (χ0) is 12.2. The average Bonchev–Trinajstić information content (AvgIpc) is 2.21. The molecule has 0 aliphatic heterocycles. The molecule has 0 aromatic heterocycles. The minimum absolute atomic E-state index is 0.0555. The molecule has 0 rings (SSSR count). The summed E-state index contributed by atoms with van der Waals surface area (Å²) >= 11 is 0. The van der Waals surface area contributed by atoms with Crippen molar-refractivity contribution in [1.29, 1.82) is 0 Å². The van der Waals surface area contributed by atoms with Crippen LogP contribution >= 0.6 is 0 Å². The maximum Gasteiger partial charge on any atom is 0.0542 e. The summed E-state index contributed by atoms with van der Waals surface area (Å²) in [5.41, 5.74) is 0. The second-order valence-electron chi connectivity index (χ2n) is 5.55. The molecular formula is C15H32O. The first-order chi connectivity index (χ1) is 7.66. The predicted octanol–water partition coefficient (Wildman–Crippen LogP) is 4.92. The van der Waals surface area contributed by atoms with E-state index in [1.165, 1.54) is 51.4 Å². The summed E-state index contributed by atoms with van der Waals surface area (Å²) in [6, 6.07) is 0. The largest absolute Gasteiger partial charge is 0.393 e. The van der Waals surface area contributed by atoms with Gasteiger partial charge >= 0.3 is 0 Å². The second-order valence-corrected chi connectivity index (χ2v) is 5.55. The van der Waals surface area contributed by atoms with Gasteiger partial charge in [0.15, 0.2) is 0 Å². The van der Waals surface area contributed by atoms with Gasteiger partial charge in [-0.2, -0.15) is 0 Å². The number of aliphatic hydroxyl groups excluding tert-OH is 1. The van der Waals surface area contributed by atoms with Crippen LogP contribution in [-0.2, 0) is 0 Å². The smallest absolute Gasteiger partial charge is 0.0542 e. The van der Waals surface area contributed by atoms with E-state index in [9.17, 15) is 5.11 Å². The van der Waals surface area contributed by atoms with Gasteiger partial charge in [0.1, 0.15) is 0 Å². The highest BCUT2D eigenvalue weighted by Crippen LogP contribution is 2.13. The van der Waals surface area contributed by atoms with Crippen LogP contribution in [0.1, 0.15) is 85.0 Å². The van der Waals surface area contributed by atoms with Gasteiger partial charge in [0, 0.05) is 0 Å². The van der Waals surface area contributed by atoms with E-state index in [2.05, 4.69) is 20.8 Å². The summed E-state index contributed by atoms with van der Waals surface area (Å²) in [6.07, 6.45) is 12.7. The summed E-state index contributed by atoms with van der Waals surface area (Å²) in [6.45, 7) is 6.62. The van der Waals surface area contributed by atoms with Crippen molar-refractivity contribution in [2.75, 3.05) is 0 Å². The number of hydrogen-bond acceptors (Lipinski definition) is 1. The molecule has 0 aromatic rings. The third-order valence-corrected chi connectivity index (χ3v) is 3.13. The molecule has 1 N–H and O–H groups in total. The lowest BCUT2D eigenvalue weighted by molar-refractivity contribution is 0.136. The van der Waals surface area contributed by atoms with E-state index in [0.29, 0.717) is 5.92 Å². The van der Waals surface area contributed by atoms with Gasteiger partial charge in [-0.15, -0.1) is 0 Å². The van der Waals surface area contributed by atoms with Crippen LogP contribution in [0.3, 0.4) is 0 Å². The van der Waals surface area contributed by atoms with Gasteiger partial charge in [-0.1, -0.05) is 72.1 Å². The zero-order valence-electron chi connectivity index (χ0n) is 11.7. The van der Waals surface area contributed by atoms with Crippen molar-refractivity contribution in [2.45, 2.75) is 91.1 Å². The lowest BCUT2D eigenvalue weighted by atomic mass is 10.0. The molecule has 0 saturated heterocycles. The van der Waals surface area contributed by atoms with Crippen LogP contribution in [0.2, 0.25) is 0 Å². The van der Waals surface area contributed by atoms with Crippen LogP contribution in [0, 0.1) is 5.92 Å². The van der Waals surface area contributed by atoms with Gasteiger partial charge in [0.05, 0.1) is 6.10 Å². The van der Waals surface area contributed by atoms with Crippen molar-refractivity contribution in [1.82, 2.24) is 0 Å². The fraction of sp³-hybridized carbons (Fsp3) is 1.00. The molecule has 0 aromatic carbocycles. The first kappa shape index (κ1) is 16.0. The van der Waals surface area contributed by atoms with Gasteiger partial charge in [0.25, 0.3) is 0 Å². The maximum atomic E-state index is 9.69. The van der Waals surface area contributed by atoms with Crippen molar-refractivity contribution >= 4 is 0 Å². The molecule has 0 heterocycles. The second kappa shape index (κ2) is 11.4. The minimum atomic E-state index is -0.0555. The van der Waals surface area contributed by atoms with Gasteiger partial charge in [0.2, 0.25) is 0 Å². The topological polar surface area (TPSA) is 20.2 Å². The first-order valence-electron chi connectivity index (χ1n) is 7.34. The molecule has 0 saturated carbocycles. The van der Waals surface area contributed by atoms with E-state index < -0.39 is 0 Å². The molecule has 0 aliphatic carbocycles. The molecule has 1 nitrogen and oxygen atoms in total. The summed E-state index contributed by atoms with van der Waals surface area (Å²) in [5.74, 6) is 0.629. The Morgan fingerprint density at radius 1 is 0.812 bits per heavy atom. The van der Waals surface area contributed by atoms with E-state index in [1.807, 2.05) is 0 Å².